The molecule has 1 aromatic carbocycles. The van der Waals surface area contributed by atoms with Gasteiger partial charge in [0.25, 0.3) is 5.91 Å². The Bertz CT molecular complexity index is 634. The summed E-state index contributed by atoms with van der Waals surface area (Å²) in [6.07, 6.45) is 0. The number of nitrogens with one attached hydrogen (secondary N) is 1. The van der Waals surface area contributed by atoms with Crippen LogP contribution in [0.3, 0.4) is 0 Å². The van der Waals surface area contributed by atoms with Crippen molar-refractivity contribution in [1.82, 2.24) is 5.32 Å². The third-order valence-corrected chi connectivity index (χ3v) is 3.08. The van der Waals surface area contributed by atoms with Gasteiger partial charge in [0, 0.05) is 0 Å². The highest BCUT2D eigenvalue weighted by molar-refractivity contribution is 5.77. The first-order valence-corrected chi connectivity index (χ1v) is 6.81. The van der Waals surface area contributed by atoms with Gasteiger partial charge < -0.3 is 19.6 Å². The molecular weight excluding hydrogens is 289 g/mol. The predicted octanol–water partition coefficient (Wildman–Crippen LogP) is 2.13. The number of halogens is 1. The second-order valence-electron chi connectivity index (χ2n) is 5.20. The van der Waals surface area contributed by atoms with Gasteiger partial charge in [-0.1, -0.05) is 0 Å². The Hall–Kier alpha value is -2.34. The van der Waals surface area contributed by atoms with Gasteiger partial charge >= 0.3 is 0 Å². The Morgan fingerprint density at radius 3 is 2.59 bits per heavy atom. The minimum atomic E-state index is -1.31. The molecule has 1 heterocycles. The molecule has 0 aliphatic carbocycles. The summed E-state index contributed by atoms with van der Waals surface area (Å²) in [4.78, 5) is 11.7. The average molecular weight is 307 g/mol. The van der Waals surface area contributed by atoms with Crippen LogP contribution in [0.1, 0.15) is 18.4 Å². The van der Waals surface area contributed by atoms with Crippen LogP contribution in [0.2, 0.25) is 0 Å². The van der Waals surface area contributed by atoms with E-state index in [1.54, 1.807) is 26.0 Å². The van der Waals surface area contributed by atoms with Crippen LogP contribution in [0.15, 0.2) is 40.8 Å². The van der Waals surface area contributed by atoms with E-state index in [9.17, 15) is 14.3 Å². The number of carbonyl (C=O) groups excluding carboxylic acids is 1. The highest BCUT2D eigenvalue weighted by Crippen LogP contribution is 2.21. The molecule has 1 unspecified atom stereocenters. The fourth-order valence-electron chi connectivity index (χ4n) is 1.81. The maximum atomic E-state index is 12.7. The van der Waals surface area contributed by atoms with E-state index in [1.165, 1.54) is 24.3 Å². The number of aryl methyl sites for hydroxylation is 1. The van der Waals surface area contributed by atoms with E-state index in [2.05, 4.69) is 5.32 Å². The van der Waals surface area contributed by atoms with Gasteiger partial charge in [-0.05, 0) is 50.2 Å². The number of benzene rings is 1. The first-order chi connectivity index (χ1) is 10.4. The summed E-state index contributed by atoms with van der Waals surface area (Å²) in [6.45, 7) is 3.09. The van der Waals surface area contributed by atoms with Gasteiger partial charge in [0.2, 0.25) is 0 Å². The lowest BCUT2D eigenvalue weighted by molar-refractivity contribution is -0.124. The Balaban J connectivity index is 1.81. The van der Waals surface area contributed by atoms with E-state index in [0.717, 1.165) is 0 Å². The van der Waals surface area contributed by atoms with Crippen molar-refractivity contribution in [2.45, 2.75) is 19.4 Å². The number of furan rings is 1. The molecule has 1 amide bonds. The van der Waals surface area contributed by atoms with Gasteiger partial charge in [0.1, 0.15) is 28.7 Å². The monoisotopic (exact) mass is 307 g/mol. The number of ether oxygens (including phenoxy) is 1. The molecular formula is C16H18FNO4. The van der Waals surface area contributed by atoms with E-state index in [0.29, 0.717) is 17.3 Å². The van der Waals surface area contributed by atoms with Crippen LogP contribution < -0.4 is 10.1 Å². The van der Waals surface area contributed by atoms with Gasteiger partial charge in [-0.15, -0.1) is 0 Å². The summed E-state index contributed by atoms with van der Waals surface area (Å²) in [5.41, 5.74) is -1.31. The number of carbonyl (C=O) groups is 1. The molecule has 0 bridgehead atoms. The normalized spacial score (nSPS) is 13.5. The van der Waals surface area contributed by atoms with Crippen molar-refractivity contribution in [3.63, 3.8) is 0 Å². The van der Waals surface area contributed by atoms with Crippen molar-refractivity contribution in [2.75, 3.05) is 13.2 Å². The third-order valence-electron chi connectivity index (χ3n) is 3.08. The smallest absolute Gasteiger partial charge is 0.258 e. The third kappa shape index (κ3) is 4.33. The first-order valence-electron chi connectivity index (χ1n) is 6.81. The SMILES string of the molecule is Cc1ccc(C(C)(O)CNC(=O)COc2ccc(F)cc2)o1. The number of hydrogen-bond acceptors (Lipinski definition) is 4. The van der Waals surface area contributed by atoms with Gasteiger partial charge in [-0.2, -0.15) is 0 Å². The van der Waals surface area contributed by atoms with E-state index >= 15 is 0 Å². The Morgan fingerprint density at radius 1 is 1.32 bits per heavy atom. The van der Waals surface area contributed by atoms with E-state index in [-0.39, 0.29) is 19.0 Å². The van der Waals surface area contributed by atoms with Crippen molar-refractivity contribution >= 4 is 5.91 Å². The van der Waals surface area contributed by atoms with Crippen LogP contribution in [-0.4, -0.2) is 24.2 Å². The maximum absolute atomic E-state index is 12.7. The zero-order valence-electron chi connectivity index (χ0n) is 12.4. The van der Waals surface area contributed by atoms with Crippen LogP contribution in [-0.2, 0) is 10.4 Å². The second kappa shape index (κ2) is 6.62. The van der Waals surface area contributed by atoms with E-state index in [4.69, 9.17) is 9.15 Å². The van der Waals surface area contributed by atoms with Crippen molar-refractivity contribution in [1.29, 1.82) is 0 Å². The van der Waals surface area contributed by atoms with E-state index < -0.39 is 11.5 Å². The molecule has 0 fully saturated rings. The zero-order chi connectivity index (χ0) is 16.2. The summed E-state index contributed by atoms with van der Waals surface area (Å²) in [7, 11) is 0. The first kappa shape index (κ1) is 16.0. The Morgan fingerprint density at radius 2 is 2.00 bits per heavy atom. The molecule has 0 aliphatic heterocycles. The summed E-state index contributed by atoms with van der Waals surface area (Å²) >= 11 is 0. The van der Waals surface area contributed by atoms with Crippen LogP contribution >= 0.6 is 0 Å². The summed E-state index contributed by atoms with van der Waals surface area (Å²) in [5, 5.41) is 12.8. The topological polar surface area (TPSA) is 71.7 Å². The van der Waals surface area contributed by atoms with Gasteiger partial charge in [-0.25, -0.2) is 4.39 Å². The molecule has 0 aliphatic rings. The molecule has 2 N–H and O–H groups in total. The molecule has 2 aromatic rings. The molecule has 0 radical (unpaired) electrons. The van der Waals surface area contributed by atoms with Crippen LogP contribution in [0.4, 0.5) is 4.39 Å². The summed E-state index contributed by atoms with van der Waals surface area (Å²) < 4.78 is 23.3. The quantitative estimate of drug-likeness (QED) is 0.857. The average Bonchev–Trinajstić information content (AvgIpc) is 2.92. The van der Waals surface area contributed by atoms with Crippen molar-refractivity contribution in [2.24, 2.45) is 0 Å². The largest absolute Gasteiger partial charge is 0.484 e. The molecule has 0 saturated heterocycles. The van der Waals surface area contributed by atoms with Crippen molar-refractivity contribution in [3.05, 3.63) is 53.7 Å². The standard InChI is InChI=1S/C16H18FNO4/c1-11-3-8-14(22-11)16(2,20)10-18-15(19)9-21-13-6-4-12(17)5-7-13/h3-8,20H,9-10H2,1-2H3,(H,18,19). The van der Waals surface area contributed by atoms with Gasteiger partial charge in [-0.3, -0.25) is 4.79 Å². The molecule has 0 spiro atoms. The van der Waals surface area contributed by atoms with Crippen molar-refractivity contribution < 1.29 is 23.4 Å². The van der Waals surface area contributed by atoms with E-state index in [1.807, 2.05) is 0 Å². The molecule has 1 aromatic heterocycles. The number of hydrogen-bond donors (Lipinski definition) is 2. The summed E-state index contributed by atoms with van der Waals surface area (Å²) in [5.74, 6) is 0.686. The van der Waals surface area contributed by atoms with Gasteiger partial charge in [0.15, 0.2) is 6.61 Å². The number of rotatable bonds is 6. The van der Waals surface area contributed by atoms with Crippen molar-refractivity contribution in [3.8, 4) is 5.75 Å². The van der Waals surface area contributed by atoms with Gasteiger partial charge in [0.05, 0.1) is 6.54 Å². The Kier molecular flexibility index (Phi) is 4.82. The molecule has 6 heteroatoms. The fraction of sp³-hybridized carbons (Fsp3) is 0.312. The lowest BCUT2D eigenvalue weighted by atomic mass is 10.0. The predicted molar refractivity (Wildman–Crippen MR) is 77.9 cm³/mol. The Labute approximate surface area is 127 Å². The molecule has 1 atom stereocenters. The minimum absolute atomic E-state index is 0.00837. The zero-order valence-corrected chi connectivity index (χ0v) is 12.4. The van der Waals surface area contributed by atoms with Crippen LogP contribution in [0.5, 0.6) is 5.75 Å². The fourth-order valence-corrected chi connectivity index (χ4v) is 1.81. The maximum Gasteiger partial charge on any atom is 0.258 e. The lowest BCUT2D eigenvalue weighted by Gasteiger charge is -2.21. The second-order valence-corrected chi connectivity index (χ2v) is 5.20. The highest BCUT2D eigenvalue weighted by atomic mass is 19.1. The number of amides is 1. The lowest BCUT2D eigenvalue weighted by Crippen LogP contribution is -2.40. The van der Waals surface area contributed by atoms with Crippen LogP contribution in [0.25, 0.3) is 0 Å². The van der Waals surface area contributed by atoms with Crippen LogP contribution in [0, 0.1) is 12.7 Å². The highest BCUT2D eigenvalue weighted by Gasteiger charge is 2.27. The summed E-state index contributed by atoms with van der Waals surface area (Å²) in [6, 6.07) is 8.77. The number of aliphatic hydroxyl groups is 1. The molecule has 0 saturated carbocycles. The molecule has 118 valence electrons. The minimum Gasteiger partial charge on any atom is -0.484 e. The molecule has 22 heavy (non-hydrogen) atoms. The molecule has 2 rings (SSSR count). The molecule has 5 nitrogen and oxygen atoms in total.